The number of carbonyl (C=O) groups is 1. The van der Waals surface area contributed by atoms with Gasteiger partial charge in [0.2, 0.25) is 0 Å². The molecular formula is C20H17N3O3. The molecule has 0 aliphatic carbocycles. The van der Waals surface area contributed by atoms with Gasteiger partial charge in [-0.05, 0) is 49.4 Å². The van der Waals surface area contributed by atoms with Gasteiger partial charge >= 0.3 is 0 Å². The number of anilines is 3. The van der Waals surface area contributed by atoms with E-state index < -0.39 is 10.8 Å². The minimum absolute atomic E-state index is 0.0694. The van der Waals surface area contributed by atoms with E-state index in [1.807, 2.05) is 42.5 Å². The molecule has 0 heterocycles. The average molecular weight is 347 g/mol. The fourth-order valence-electron chi connectivity index (χ4n) is 2.48. The number of benzene rings is 3. The van der Waals surface area contributed by atoms with E-state index >= 15 is 0 Å². The zero-order valence-corrected chi connectivity index (χ0v) is 14.1. The van der Waals surface area contributed by atoms with Crippen LogP contribution in [0.1, 0.15) is 15.9 Å². The molecule has 6 nitrogen and oxygen atoms in total. The zero-order chi connectivity index (χ0) is 18.5. The highest BCUT2D eigenvalue weighted by molar-refractivity contribution is 6.04. The smallest absolute Gasteiger partial charge is 0.273 e. The van der Waals surface area contributed by atoms with Crippen molar-refractivity contribution in [3.8, 4) is 0 Å². The predicted octanol–water partition coefficient (Wildman–Crippen LogP) is 4.90. The molecule has 0 unspecified atom stereocenters. The Hall–Kier alpha value is -3.67. The summed E-state index contributed by atoms with van der Waals surface area (Å²) in [7, 11) is 0. The summed E-state index contributed by atoms with van der Waals surface area (Å²) >= 11 is 0. The van der Waals surface area contributed by atoms with E-state index in [0.717, 1.165) is 11.4 Å². The van der Waals surface area contributed by atoms with Crippen molar-refractivity contribution in [2.75, 3.05) is 10.6 Å². The van der Waals surface area contributed by atoms with E-state index in [1.165, 1.54) is 6.07 Å². The van der Waals surface area contributed by atoms with Crippen molar-refractivity contribution in [3.63, 3.8) is 0 Å². The molecule has 1 amide bonds. The number of hydrogen-bond acceptors (Lipinski definition) is 4. The minimum atomic E-state index is -0.490. The Bertz CT molecular complexity index is 938. The Morgan fingerprint density at radius 2 is 1.50 bits per heavy atom. The number of nitrogens with one attached hydrogen (secondary N) is 2. The summed E-state index contributed by atoms with van der Waals surface area (Å²) in [6.45, 7) is 1.64. The Morgan fingerprint density at radius 3 is 2.15 bits per heavy atom. The van der Waals surface area contributed by atoms with Gasteiger partial charge in [-0.15, -0.1) is 0 Å². The van der Waals surface area contributed by atoms with Crippen LogP contribution in [0.2, 0.25) is 0 Å². The van der Waals surface area contributed by atoms with E-state index in [-0.39, 0.29) is 11.3 Å². The van der Waals surface area contributed by atoms with Crippen molar-refractivity contribution < 1.29 is 9.72 Å². The molecule has 3 rings (SSSR count). The number of para-hydroxylation sites is 1. The fourth-order valence-corrected chi connectivity index (χ4v) is 2.48. The maximum absolute atomic E-state index is 12.3. The van der Waals surface area contributed by atoms with Gasteiger partial charge in [-0.1, -0.05) is 24.3 Å². The van der Waals surface area contributed by atoms with Crippen molar-refractivity contribution in [2.24, 2.45) is 0 Å². The Morgan fingerprint density at radius 1 is 0.885 bits per heavy atom. The summed E-state index contributed by atoms with van der Waals surface area (Å²) < 4.78 is 0. The van der Waals surface area contributed by atoms with Gasteiger partial charge in [0.05, 0.1) is 4.92 Å². The van der Waals surface area contributed by atoms with E-state index in [1.54, 1.807) is 31.2 Å². The molecule has 0 aromatic heterocycles. The Balaban J connectivity index is 1.70. The van der Waals surface area contributed by atoms with Crippen molar-refractivity contribution in [1.82, 2.24) is 0 Å². The number of hydrogen-bond donors (Lipinski definition) is 2. The molecule has 130 valence electrons. The van der Waals surface area contributed by atoms with E-state index in [2.05, 4.69) is 10.6 Å². The maximum atomic E-state index is 12.3. The molecular weight excluding hydrogens is 330 g/mol. The summed E-state index contributed by atoms with van der Waals surface area (Å²) in [5, 5.41) is 17.0. The van der Waals surface area contributed by atoms with E-state index in [0.29, 0.717) is 11.3 Å². The Kier molecular flexibility index (Phi) is 4.94. The van der Waals surface area contributed by atoms with E-state index in [9.17, 15) is 14.9 Å². The second-order valence-electron chi connectivity index (χ2n) is 5.78. The molecule has 3 aromatic carbocycles. The molecule has 3 aromatic rings. The van der Waals surface area contributed by atoms with Crippen LogP contribution in [0.3, 0.4) is 0 Å². The quantitative estimate of drug-likeness (QED) is 0.508. The van der Waals surface area contributed by atoms with Gasteiger partial charge in [0.25, 0.3) is 11.6 Å². The third-order valence-corrected chi connectivity index (χ3v) is 3.87. The first-order chi connectivity index (χ1) is 12.5. The van der Waals surface area contributed by atoms with Crippen LogP contribution >= 0.6 is 0 Å². The zero-order valence-electron chi connectivity index (χ0n) is 14.1. The third-order valence-electron chi connectivity index (χ3n) is 3.87. The SMILES string of the molecule is Cc1ccc(C(=O)Nc2ccc(Nc3ccccc3)cc2)cc1[N+](=O)[O-]. The minimum Gasteiger partial charge on any atom is -0.356 e. The number of nitro groups is 1. The number of amides is 1. The number of carbonyl (C=O) groups excluding carboxylic acids is 1. The number of nitro benzene ring substituents is 1. The first-order valence-electron chi connectivity index (χ1n) is 8.01. The summed E-state index contributed by atoms with van der Waals surface area (Å²) in [5.74, 6) is -0.392. The van der Waals surface area contributed by atoms with Crippen molar-refractivity contribution in [1.29, 1.82) is 0 Å². The second kappa shape index (κ2) is 7.48. The van der Waals surface area contributed by atoms with Crippen LogP contribution in [0.5, 0.6) is 0 Å². The fraction of sp³-hybridized carbons (Fsp3) is 0.0500. The van der Waals surface area contributed by atoms with Gasteiger partial charge in [0.15, 0.2) is 0 Å². The van der Waals surface area contributed by atoms with Crippen LogP contribution in [0.4, 0.5) is 22.7 Å². The number of aryl methyl sites for hydroxylation is 1. The lowest BCUT2D eigenvalue weighted by Gasteiger charge is -2.09. The number of nitrogens with zero attached hydrogens (tertiary/aromatic N) is 1. The molecule has 0 fully saturated rings. The average Bonchev–Trinajstić information content (AvgIpc) is 2.64. The van der Waals surface area contributed by atoms with Crippen LogP contribution in [-0.2, 0) is 0 Å². The third kappa shape index (κ3) is 4.05. The van der Waals surface area contributed by atoms with Crippen molar-refractivity contribution in [2.45, 2.75) is 6.92 Å². The van der Waals surface area contributed by atoms with Crippen LogP contribution in [0.25, 0.3) is 0 Å². The van der Waals surface area contributed by atoms with Gasteiger partial charge in [-0.3, -0.25) is 14.9 Å². The van der Waals surface area contributed by atoms with Gasteiger partial charge < -0.3 is 10.6 Å². The van der Waals surface area contributed by atoms with Crippen LogP contribution < -0.4 is 10.6 Å². The monoisotopic (exact) mass is 347 g/mol. The predicted molar refractivity (Wildman–Crippen MR) is 102 cm³/mol. The number of rotatable bonds is 5. The summed E-state index contributed by atoms with van der Waals surface area (Å²) in [4.78, 5) is 22.8. The Labute approximate surface area is 150 Å². The molecule has 0 atom stereocenters. The summed E-state index contributed by atoms with van der Waals surface area (Å²) in [6.07, 6.45) is 0. The van der Waals surface area contributed by atoms with Crippen LogP contribution in [-0.4, -0.2) is 10.8 Å². The first-order valence-corrected chi connectivity index (χ1v) is 8.01. The molecule has 0 saturated heterocycles. The highest BCUT2D eigenvalue weighted by Crippen LogP contribution is 2.21. The maximum Gasteiger partial charge on any atom is 0.273 e. The molecule has 6 heteroatoms. The van der Waals surface area contributed by atoms with E-state index in [4.69, 9.17) is 0 Å². The van der Waals surface area contributed by atoms with Crippen molar-refractivity contribution >= 4 is 28.7 Å². The molecule has 26 heavy (non-hydrogen) atoms. The van der Waals surface area contributed by atoms with Crippen molar-refractivity contribution in [3.05, 3.63) is 94.0 Å². The molecule has 2 N–H and O–H groups in total. The molecule has 0 radical (unpaired) electrons. The molecule has 0 saturated carbocycles. The van der Waals surface area contributed by atoms with Crippen LogP contribution in [0, 0.1) is 17.0 Å². The first kappa shape index (κ1) is 17.2. The molecule has 0 aliphatic heterocycles. The standard InChI is InChI=1S/C20H17N3O3/c1-14-7-8-15(13-19(14)23(25)26)20(24)22-18-11-9-17(10-12-18)21-16-5-3-2-4-6-16/h2-13,21H,1H3,(H,22,24). The van der Waals surface area contributed by atoms with Crippen LogP contribution in [0.15, 0.2) is 72.8 Å². The molecule has 0 bridgehead atoms. The normalized spacial score (nSPS) is 10.2. The highest BCUT2D eigenvalue weighted by atomic mass is 16.6. The summed E-state index contributed by atoms with van der Waals surface area (Å²) in [6, 6.07) is 21.4. The topological polar surface area (TPSA) is 84.3 Å². The lowest BCUT2D eigenvalue weighted by atomic mass is 10.1. The lowest BCUT2D eigenvalue weighted by molar-refractivity contribution is -0.385. The lowest BCUT2D eigenvalue weighted by Crippen LogP contribution is -2.12. The van der Waals surface area contributed by atoms with Gasteiger partial charge in [-0.25, -0.2) is 0 Å². The second-order valence-corrected chi connectivity index (χ2v) is 5.78. The van der Waals surface area contributed by atoms with Gasteiger partial charge in [-0.2, -0.15) is 0 Å². The molecule has 0 aliphatic rings. The van der Waals surface area contributed by atoms with Gasteiger partial charge in [0.1, 0.15) is 0 Å². The molecule has 0 spiro atoms. The largest absolute Gasteiger partial charge is 0.356 e. The summed E-state index contributed by atoms with van der Waals surface area (Å²) in [5.41, 5.74) is 3.16. The van der Waals surface area contributed by atoms with Gasteiger partial charge in [0, 0.05) is 34.3 Å². The highest BCUT2D eigenvalue weighted by Gasteiger charge is 2.15.